The number of methoxy groups -OCH3 is 1. The molecule has 1 N–H and O–H groups in total. The standard InChI is InChI=1S/C9H18O3/c1-4-5-9(11-3,7(2)10)8-6-12-8/h7-8,10H,4-6H2,1-3H3. The molecule has 3 atom stereocenters. The quantitative estimate of drug-likeness (QED) is 0.631. The Morgan fingerprint density at radius 3 is 2.58 bits per heavy atom. The summed E-state index contributed by atoms with van der Waals surface area (Å²) in [4.78, 5) is 0. The van der Waals surface area contributed by atoms with Gasteiger partial charge in [0.25, 0.3) is 0 Å². The van der Waals surface area contributed by atoms with Crippen molar-refractivity contribution in [1.29, 1.82) is 0 Å². The third-order valence-electron chi connectivity index (χ3n) is 2.61. The molecule has 1 aliphatic heterocycles. The first-order valence-corrected chi connectivity index (χ1v) is 4.52. The smallest absolute Gasteiger partial charge is 0.122 e. The molecule has 72 valence electrons. The molecule has 0 bridgehead atoms. The number of epoxide rings is 1. The van der Waals surface area contributed by atoms with Crippen molar-refractivity contribution in [2.45, 2.75) is 44.5 Å². The highest BCUT2D eigenvalue weighted by Crippen LogP contribution is 2.34. The summed E-state index contributed by atoms with van der Waals surface area (Å²) in [5.41, 5.74) is -0.464. The van der Waals surface area contributed by atoms with Gasteiger partial charge < -0.3 is 14.6 Å². The molecular weight excluding hydrogens is 156 g/mol. The summed E-state index contributed by atoms with van der Waals surface area (Å²) in [5, 5.41) is 9.60. The van der Waals surface area contributed by atoms with Crippen molar-refractivity contribution >= 4 is 0 Å². The zero-order chi connectivity index (χ0) is 9.19. The maximum absolute atomic E-state index is 9.60. The summed E-state index contributed by atoms with van der Waals surface area (Å²) >= 11 is 0. The molecule has 12 heavy (non-hydrogen) atoms. The van der Waals surface area contributed by atoms with Crippen molar-refractivity contribution < 1.29 is 14.6 Å². The summed E-state index contributed by atoms with van der Waals surface area (Å²) < 4.78 is 10.6. The SMILES string of the molecule is CCCC(OC)(C(C)O)C1CO1. The van der Waals surface area contributed by atoms with E-state index in [2.05, 4.69) is 6.92 Å². The summed E-state index contributed by atoms with van der Waals surface area (Å²) in [6.07, 6.45) is 1.49. The molecule has 0 aliphatic carbocycles. The van der Waals surface area contributed by atoms with Crippen LogP contribution in [-0.2, 0) is 9.47 Å². The largest absolute Gasteiger partial charge is 0.390 e. The minimum absolute atomic E-state index is 0.0995. The Hall–Kier alpha value is -0.120. The van der Waals surface area contributed by atoms with Crippen LogP contribution in [0.3, 0.4) is 0 Å². The summed E-state index contributed by atoms with van der Waals surface area (Å²) in [5.74, 6) is 0. The predicted molar refractivity (Wildman–Crippen MR) is 46.1 cm³/mol. The second-order valence-corrected chi connectivity index (χ2v) is 3.41. The molecule has 3 unspecified atom stereocenters. The van der Waals surface area contributed by atoms with E-state index in [0.717, 1.165) is 19.4 Å². The zero-order valence-corrected chi connectivity index (χ0v) is 8.04. The minimum atomic E-state index is -0.464. The number of hydrogen-bond acceptors (Lipinski definition) is 3. The average molecular weight is 174 g/mol. The van der Waals surface area contributed by atoms with Crippen LogP contribution in [0.5, 0.6) is 0 Å². The third kappa shape index (κ3) is 1.63. The molecule has 0 saturated carbocycles. The van der Waals surface area contributed by atoms with Crippen molar-refractivity contribution in [1.82, 2.24) is 0 Å². The van der Waals surface area contributed by atoms with Crippen molar-refractivity contribution in [2.24, 2.45) is 0 Å². The van der Waals surface area contributed by atoms with Gasteiger partial charge in [-0.2, -0.15) is 0 Å². The highest BCUT2D eigenvalue weighted by atomic mass is 16.6. The van der Waals surface area contributed by atoms with Gasteiger partial charge in [0.05, 0.1) is 12.7 Å². The normalized spacial score (nSPS) is 29.5. The first kappa shape index (κ1) is 9.96. The fraction of sp³-hybridized carbons (Fsp3) is 1.00. The Labute approximate surface area is 73.7 Å². The van der Waals surface area contributed by atoms with E-state index in [4.69, 9.17) is 9.47 Å². The number of aliphatic hydroxyl groups excluding tert-OH is 1. The highest BCUT2D eigenvalue weighted by molar-refractivity contribution is 4.99. The van der Waals surface area contributed by atoms with Crippen molar-refractivity contribution in [3.63, 3.8) is 0 Å². The number of aliphatic hydroxyl groups is 1. The molecular formula is C9H18O3. The molecule has 0 aromatic heterocycles. The van der Waals surface area contributed by atoms with Crippen LogP contribution in [0.4, 0.5) is 0 Å². The monoisotopic (exact) mass is 174 g/mol. The highest BCUT2D eigenvalue weighted by Gasteiger charge is 2.50. The Bertz CT molecular complexity index is 139. The molecule has 1 aliphatic rings. The van der Waals surface area contributed by atoms with Gasteiger partial charge in [0.2, 0.25) is 0 Å². The molecule has 0 amide bonds. The molecule has 0 spiro atoms. The lowest BCUT2D eigenvalue weighted by Gasteiger charge is -2.33. The molecule has 3 heteroatoms. The molecule has 0 aromatic rings. The third-order valence-corrected chi connectivity index (χ3v) is 2.61. The second kappa shape index (κ2) is 3.73. The van der Waals surface area contributed by atoms with E-state index in [0.29, 0.717) is 0 Å². The number of ether oxygens (including phenoxy) is 2. The Morgan fingerprint density at radius 1 is 1.75 bits per heavy atom. The summed E-state index contributed by atoms with van der Waals surface area (Å²) in [6.45, 7) is 4.57. The topological polar surface area (TPSA) is 42.0 Å². The van der Waals surface area contributed by atoms with Gasteiger partial charge in [-0.05, 0) is 13.3 Å². The van der Waals surface area contributed by atoms with E-state index < -0.39 is 11.7 Å². The van der Waals surface area contributed by atoms with Crippen molar-refractivity contribution in [3.8, 4) is 0 Å². The fourth-order valence-corrected chi connectivity index (χ4v) is 1.76. The van der Waals surface area contributed by atoms with Gasteiger partial charge >= 0.3 is 0 Å². The molecule has 1 saturated heterocycles. The molecule has 1 rings (SSSR count). The van der Waals surface area contributed by atoms with E-state index in [1.165, 1.54) is 0 Å². The lowest BCUT2D eigenvalue weighted by molar-refractivity contribution is -0.115. The van der Waals surface area contributed by atoms with Crippen molar-refractivity contribution in [2.75, 3.05) is 13.7 Å². The molecule has 0 radical (unpaired) electrons. The molecule has 0 aromatic carbocycles. The fourth-order valence-electron chi connectivity index (χ4n) is 1.76. The van der Waals surface area contributed by atoms with Gasteiger partial charge in [-0.15, -0.1) is 0 Å². The van der Waals surface area contributed by atoms with Crippen LogP contribution < -0.4 is 0 Å². The number of rotatable bonds is 5. The minimum Gasteiger partial charge on any atom is -0.390 e. The maximum Gasteiger partial charge on any atom is 0.122 e. The second-order valence-electron chi connectivity index (χ2n) is 3.41. The molecule has 3 nitrogen and oxygen atoms in total. The average Bonchev–Trinajstić information content (AvgIpc) is 2.82. The van der Waals surface area contributed by atoms with Gasteiger partial charge in [0, 0.05) is 7.11 Å². The first-order chi connectivity index (χ1) is 5.67. The van der Waals surface area contributed by atoms with Crippen molar-refractivity contribution in [3.05, 3.63) is 0 Å². The van der Waals surface area contributed by atoms with E-state index in [1.54, 1.807) is 14.0 Å². The Morgan fingerprint density at radius 2 is 2.33 bits per heavy atom. The molecule has 1 fully saturated rings. The van der Waals surface area contributed by atoms with Crippen LogP contribution in [0.1, 0.15) is 26.7 Å². The maximum atomic E-state index is 9.60. The van der Waals surface area contributed by atoms with Crippen LogP contribution in [0.25, 0.3) is 0 Å². The lowest BCUT2D eigenvalue weighted by Crippen LogP contribution is -2.47. The van der Waals surface area contributed by atoms with Gasteiger partial charge in [-0.3, -0.25) is 0 Å². The van der Waals surface area contributed by atoms with E-state index in [-0.39, 0.29) is 6.10 Å². The predicted octanol–water partition coefficient (Wildman–Crippen LogP) is 0.951. The Balaban J connectivity index is 2.64. The van der Waals surface area contributed by atoms with Crippen LogP contribution in [0.15, 0.2) is 0 Å². The lowest BCUT2D eigenvalue weighted by atomic mass is 9.89. The van der Waals surface area contributed by atoms with Gasteiger partial charge in [0.1, 0.15) is 11.7 Å². The van der Waals surface area contributed by atoms with Crippen LogP contribution >= 0.6 is 0 Å². The summed E-state index contributed by atoms with van der Waals surface area (Å²) in [7, 11) is 1.64. The first-order valence-electron chi connectivity index (χ1n) is 4.52. The van der Waals surface area contributed by atoms with E-state index in [9.17, 15) is 5.11 Å². The molecule has 1 heterocycles. The van der Waals surface area contributed by atoms with Crippen LogP contribution in [0, 0.1) is 0 Å². The van der Waals surface area contributed by atoms with E-state index in [1.807, 2.05) is 0 Å². The van der Waals surface area contributed by atoms with Gasteiger partial charge in [-0.1, -0.05) is 13.3 Å². The Kier molecular flexibility index (Phi) is 3.09. The van der Waals surface area contributed by atoms with E-state index >= 15 is 0 Å². The van der Waals surface area contributed by atoms with Crippen LogP contribution in [0.2, 0.25) is 0 Å². The van der Waals surface area contributed by atoms with Gasteiger partial charge in [-0.25, -0.2) is 0 Å². The summed E-state index contributed by atoms with van der Waals surface area (Å²) in [6, 6.07) is 0. The number of hydrogen-bond donors (Lipinski definition) is 1. The van der Waals surface area contributed by atoms with Gasteiger partial charge in [0.15, 0.2) is 0 Å². The van der Waals surface area contributed by atoms with Crippen LogP contribution in [-0.4, -0.2) is 36.6 Å². The zero-order valence-electron chi connectivity index (χ0n) is 8.04.